The number of rotatable bonds is 5. The largest absolute Gasteiger partial charge is 0.463 e. The summed E-state index contributed by atoms with van der Waals surface area (Å²) in [6, 6.07) is 14.5. The summed E-state index contributed by atoms with van der Waals surface area (Å²) in [4.78, 5) is 3.65. The van der Waals surface area contributed by atoms with Crippen LogP contribution in [0.1, 0.15) is 11.3 Å². The first-order valence-corrected chi connectivity index (χ1v) is 7.65. The fourth-order valence-electron chi connectivity index (χ4n) is 2.58. The van der Waals surface area contributed by atoms with E-state index < -0.39 is 0 Å². The van der Waals surface area contributed by atoms with Crippen LogP contribution in [0.15, 0.2) is 53.1 Å². The van der Waals surface area contributed by atoms with Gasteiger partial charge in [-0.05, 0) is 36.3 Å². The van der Waals surface area contributed by atoms with Gasteiger partial charge in [0.05, 0.1) is 6.26 Å². The highest BCUT2D eigenvalue weighted by Gasteiger charge is 2.23. The molecule has 0 spiro atoms. The molecular weight excluding hydrogens is 282 g/mol. The lowest BCUT2D eigenvalue weighted by Crippen LogP contribution is -3.16. The first-order chi connectivity index (χ1) is 10.3. The van der Waals surface area contributed by atoms with Crippen molar-refractivity contribution in [3.63, 3.8) is 0 Å². The SMILES string of the molecule is S=C1NC[NH+](Cc2ccco2)CN1CCc1ccccc1. The van der Waals surface area contributed by atoms with Crippen molar-refractivity contribution < 1.29 is 9.32 Å². The highest BCUT2D eigenvalue weighted by molar-refractivity contribution is 7.80. The summed E-state index contributed by atoms with van der Waals surface area (Å²) < 4.78 is 5.43. The van der Waals surface area contributed by atoms with Crippen LogP contribution in [0.25, 0.3) is 0 Å². The summed E-state index contributed by atoms with van der Waals surface area (Å²) in [5, 5.41) is 4.17. The van der Waals surface area contributed by atoms with Crippen molar-refractivity contribution in [1.29, 1.82) is 0 Å². The molecule has 0 aliphatic carbocycles. The minimum absolute atomic E-state index is 0.849. The fraction of sp³-hybridized carbons (Fsp3) is 0.312. The van der Waals surface area contributed by atoms with Crippen molar-refractivity contribution >= 4 is 17.3 Å². The Morgan fingerprint density at radius 1 is 1.19 bits per heavy atom. The Labute approximate surface area is 130 Å². The maximum absolute atomic E-state index is 5.43. The maximum Gasteiger partial charge on any atom is 0.177 e. The van der Waals surface area contributed by atoms with Crippen molar-refractivity contribution in [3.8, 4) is 0 Å². The van der Waals surface area contributed by atoms with Crippen molar-refractivity contribution in [3.05, 3.63) is 60.1 Å². The van der Waals surface area contributed by atoms with Crippen LogP contribution < -0.4 is 10.2 Å². The van der Waals surface area contributed by atoms with Gasteiger partial charge in [-0.15, -0.1) is 0 Å². The summed E-state index contributed by atoms with van der Waals surface area (Å²) >= 11 is 5.42. The molecule has 110 valence electrons. The molecule has 1 atom stereocenters. The van der Waals surface area contributed by atoms with Crippen LogP contribution in [0.3, 0.4) is 0 Å². The van der Waals surface area contributed by atoms with E-state index in [9.17, 15) is 0 Å². The Bertz CT molecular complexity index is 570. The number of nitrogens with zero attached hydrogens (tertiary/aromatic N) is 1. The molecule has 2 heterocycles. The molecule has 1 aromatic carbocycles. The molecular formula is C16H20N3OS+. The van der Waals surface area contributed by atoms with E-state index in [-0.39, 0.29) is 0 Å². The Morgan fingerprint density at radius 3 is 2.81 bits per heavy atom. The van der Waals surface area contributed by atoms with Crippen molar-refractivity contribution in [2.24, 2.45) is 0 Å². The lowest BCUT2D eigenvalue weighted by molar-refractivity contribution is -0.928. The van der Waals surface area contributed by atoms with E-state index >= 15 is 0 Å². The molecule has 2 N–H and O–H groups in total. The predicted molar refractivity (Wildman–Crippen MR) is 85.7 cm³/mol. The van der Waals surface area contributed by atoms with Crippen molar-refractivity contribution in [2.75, 3.05) is 19.9 Å². The molecule has 1 aromatic heterocycles. The summed E-state index contributed by atoms with van der Waals surface area (Å²) in [7, 11) is 0. The smallest absolute Gasteiger partial charge is 0.177 e. The molecule has 0 saturated carbocycles. The second-order valence-corrected chi connectivity index (χ2v) is 5.71. The minimum atomic E-state index is 0.849. The Morgan fingerprint density at radius 2 is 2.05 bits per heavy atom. The Hall–Kier alpha value is -1.85. The second kappa shape index (κ2) is 6.74. The molecule has 4 nitrogen and oxygen atoms in total. The number of hydrogen-bond acceptors (Lipinski definition) is 2. The predicted octanol–water partition coefficient (Wildman–Crippen LogP) is 1.01. The summed E-state index contributed by atoms with van der Waals surface area (Å²) in [6.45, 7) is 3.59. The quantitative estimate of drug-likeness (QED) is 0.808. The molecule has 0 radical (unpaired) electrons. The van der Waals surface area contributed by atoms with Gasteiger partial charge in [-0.3, -0.25) is 4.90 Å². The van der Waals surface area contributed by atoms with Gasteiger partial charge in [-0.25, -0.2) is 0 Å². The van der Waals surface area contributed by atoms with E-state index in [1.807, 2.05) is 18.2 Å². The van der Waals surface area contributed by atoms with Gasteiger partial charge in [0.1, 0.15) is 6.54 Å². The van der Waals surface area contributed by atoms with E-state index in [4.69, 9.17) is 16.6 Å². The van der Waals surface area contributed by atoms with Crippen molar-refractivity contribution in [1.82, 2.24) is 10.2 Å². The second-order valence-electron chi connectivity index (χ2n) is 5.32. The van der Waals surface area contributed by atoms with Crippen LogP contribution >= 0.6 is 12.2 Å². The third-order valence-corrected chi connectivity index (χ3v) is 4.11. The highest BCUT2D eigenvalue weighted by atomic mass is 32.1. The first-order valence-electron chi connectivity index (χ1n) is 7.24. The average Bonchev–Trinajstić information content (AvgIpc) is 3.02. The first kappa shape index (κ1) is 14.1. The average molecular weight is 302 g/mol. The van der Waals surface area contributed by atoms with Gasteiger partial charge in [0, 0.05) is 6.54 Å². The van der Waals surface area contributed by atoms with Gasteiger partial charge in [0.25, 0.3) is 0 Å². The highest BCUT2D eigenvalue weighted by Crippen LogP contribution is 2.02. The third-order valence-electron chi connectivity index (χ3n) is 3.71. The van der Waals surface area contributed by atoms with E-state index in [1.165, 1.54) is 10.5 Å². The molecule has 3 rings (SSSR count). The fourth-order valence-corrected chi connectivity index (χ4v) is 2.81. The van der Waals surface area contributed by atoms with Crippen LogP contribution in [-0.2, 0) is 13.0 Å². The Kier molecular flexibility index (Phi) is 4.52. The summed E-state index contributed by atoms with van der Waals surface area (Å²) in [5.41, 5.74) is 1.35. The van der Waals surface area contributed by atoms with Crippen molar-refractivity contribution in [2.45, 2.75) is 13.0 Å². The van der Waals surface area contributed by atoms with Crippen LogP contribution in [0.2, 0.25) is 0 Å². The van der Waals surface area contributed by atoms with Gasteiger partial charge < -0.3 is 14.6 Å². The summed E-state index contributed by atoms with van der Waals surface area (Å²) in [6.07, 6.45) is 2.74. The zero-order valence-corrected chi connectivity index (χ0v) is 12.7. The van der Waals surface area contributed by atoms with E-state index in [0.717, 1.165) is 43.7 Å². The number of furan rings is 1. The van der Waals surface area contributed by atoms with Crippen LogP contribution in [-0.4, -0.2) is 29.9 Å². The monoisotopic (exact) mass is 302 g/mol. The van der Waals surface area contributed by atoms with Gasteiger partial charge in [-0.2, -0.15) is 0 Å². The molecule has 0 bridgehead atoms. The number of benzene rings is 1. The Balaban J connectivity index is 1.55. The van der Waals surface area contributed by atoms with Gasteiger partial charge in [0.15, 0.2) is 24.2 Å². The molecule has 1 aliphatic rings. The zero-order valence-electron chi connectivity index (χ0n) is 11.9. The molecule has 0 amide bonds. The summed E-state index contributed by atoms with van der Waals surface area (Å²) in [5.74, 6) is 1.02. The minimum Gasteiger partial charge on any atom is -0.463 e. The normalized spacial score (nSPS) is 18.6. The lowest BCUT2D eigenvalue weighted by atomic mass is 10.1. The van der Waals surface area contributed by atoms with Crippen LogP contribution in [0.4, 0.5) is 0 Å². The third kappa shape index (κ3) is 3.83. The van der Waals surface area contributed by atoms with Crippen LogP contribution in [0, 0.1) is 0 Å². The number of quaternary nitrogens is 1. The lowest BCUT2D eigenvalue weighted by Gasteiger charge is -2.34. The molecule has 1 fully saturated rings. The number of thiocarbonyl (C=S) groups is 1. The molecule has 1 aliphatic heterocycles. The van der Waals surface area contributed by atoms with E-state index in [1.54, 1.807) is 6.26 Å². The standard InChI is InChI=1S/C16H19N3OS/c21-16-17-12-18(11-15-7-4-10-20-15)13-19(16)9-8-14-5-2-1-3-6-14/h1-7,10H,8-9,11-13H2,(H,17,21)/p+1. The van der Waals surface area contributed by atoms with E-state index in [2.05, 4.69) is 34.5 Å². The molecule has 21 heavy (non-hydrogen) atoms. The van der Waals surface area contributed by atoms with Crippen LogP contribution in [0.5, 0.6) is 0 Å². The number of nitrogens with one attached hydrogen (secondary N) is 2. The topological polar surface area (TPSA) is 32.9 Å². The zero-order chi connectivity index (χ0) is 14.5. The van der Waals surface area contributed by atoms with Gasteiger partial charge in [0.2, 0.25) is 0 Å². The molecule has 1 unspecified atom stereocenters. The van der Waals surface area contributed by atoms with Gasteiger partial charge in [-0.1, -0.05) is 30.3 Å². The molecule has 2 aromatic rings. The molecule has 5 heteroatoms. The number of hydrogen-bond donors (Lipinski definition) is 2. The van der Waals surface area contributed by atoms with E-state index in [0.29, 0.717) is 0 Å². The molecule has 1 saturated heterocycles. The van der Waals surface area contributed by atoms with Gasteiger partial charge >= 0.3 is 0 Å². The maximum atomic E-state index is 5.43.